The number of fused-ring (bicyclic) bond motifs is 2. The van der Waals surface area contributed by atoms with Gasteiger partial charge in [-0.05, 0) is 23.6 Å². The molecular formula is C33H37N3O5. The quantitative estimate of drug-likeness (QED) is 0.530. The van der Waals surface area contributed by atoms with Crippen molar-refractivity contribution in [1.82, 2.24) is 9.80 Å². The Balaban J connectivity index is 1.45. The number of aliphatic hydroxyl groups excluding tert-OH is 1. The number of hydrogen-bond acceptors (Lipinski definition) is 5. The lowest BCUT2D eigenvalue weighted by Crippen LogP contribution is -2.59. The molecule has 8 nitrogen and oxygen atoms in total. The van der Waals surface area contributed by atoms with Gasteiger partial charge >= 0.3 is 0 Å². The monoisotopic (exact) mass is 555 g/mol. The van der Waals surface area contributed by atoms with Crippen molar-refractivity contribution in [2.75, 3.05) is 24.6 Å². The molecule has 1 N–H and O–H groups in total. The maximum Gasteiger partial charge on any atom is 0.249 e. The van der Waals surface area contributed by atoms with Crippen LogP contribution in [0.25, 0.3) is 0 Å². The molecule has 214 valence electrons. The third kappa shape index (κ3) is 4.41. The molecule has 7 atom stereocenters. The molecule has 2 saturated heterocycles. The van der Waals surface area contributed by atoms with Gasteiger partial charge in [-0.1, -0.05) is 93.1 Å². The van der Waals surface area contributed by atoms with Gasteiger partial charge in [0.05, 0.1) is 30.6 Å². The van der Waals surface area contributed by atoms with Gasteiger partial charge in [0.15, 0.2) is 0 Å². The Morgan fingerprint density at radius 1 is 0.951 bits per heavy atom. The molecule has 0 radical (unpaired) electrons. The Labute approximate surface area is 240 Å². The van der Waals surface area contributed by atoms with Crippen molar-refractivity contribution in [1.29, 1.82) is 0 Å². The summed E-state index contributed by atoms with van der Waals surface area (Å²) >= 11 is 0. The highest BCUT2D eigenvalue weighted by Gasteiger charge is 2.72. The zero-order valence-corrected chi connectivity index (χ0v) is 23.5. The van der Waals surface area contributed by atoms with Crippen molar-refractivity contribution in [3.8, 4) is 0 Å². The number of amides is 3. The molecule has 4 heterocycles. The summed E-state index contributed by atoms with van der Waals surface area (Å²) in [6, 6.07) is 17.6. The van der Waals surface area contributed by atoms with Crippen LogP contribution in [0.5, 0.6) is 0 Å². The maximum atomic E-state index is 14.6. The number of para-hydroxylation sites is 1. The molecule has 2 aromatic carbocycles. The summed E-state index contributed by atoms with van der Waals surface area (Å²) in [6.45, 7) is 4.80. The molecule has 8 heteroatoms. The number of rotatable bonds is 7. The molecule has 0 saturated carbocycles. The standard InChI is InChI=1S/C33H37N3O5/c1-3-22(2)25(21-37)36-29-32(40)34(20-23-12-6-4-7-13-23)18-11-17-33(29)28(31(36)39)27-26(41-33)16-10-19-35(30(27)38)24-14-8-5-9-15-24/h4-17,22,25-29,37H,3,18-21H2,1-2H3/t22-,25-,26-,27+,28-,29?,33-/m0/s1. The Hall–Kier alpha value is -3.75. The van der Waals surface area contributed by atoms with Crippen molar-refractivity contribution in [2.45, 2.75) is 50.6 Å². The Morgan fingerprint density at radius 3 is 2.34 bits per heavy atom. The fourth-order valence-electron chi connectivity index (χ4n) is 7.08. The molecule has 1 unspecified atom stereocenters. The van der Waals surface area contributed by atoms with Crippen LogP contribution in [-0.2, 0) is 25.7 Å². The van der Waals surface area contributed by atoms with Crippen molar-refractivity contribution < 1.29 is 24.2 Å². The summed E-state index contributed by atoms with van der Waals surface area (Å²) in [5, 5.41) is 10.6. The molecule has 0 aromatic heterocycles. The molecule has 2 aromatic rings. The first-order chi connectivity index (χ1) is 19.9. The average molecular weight is 556 g/mol. The number of carbonyl (C=O) groups is 3. The number of anilines is 1. The van der Waals surface area contributed by atoms with Crippen molar-refractivity contribution >= 4 is 23.4 Å². The minimum Gasteiger partial charge on any atom is -0.394 e. The summed E-state index contributed by atoms with van der Waals surface area (Å²) in [4.78, 5) is 48.4. The first-order valence-electron chi connectivity index (χ1n) is 14.6. The van der Waals surface area contributed by atoms with Gasteiger partial charge in [-0.3, -0.25) is 14.4 Å². The summed E-state index contributed by atoms with van der Waals surface area (Å²) in [6.07, 6.45) is 7.60. The van der Waals surface area contributed by atoms with E-state index >= 15 is 0 Å². The van der Waals surface area contributed by atoms with Gasteiger partial charge in [0.2, 0.25) is 17.7 Å². The van der Waals surface area contributed by atoms with Crippen molar-refractivity contribution in [2.24, 2.45) is 17.8 Å². The van der Waals surface area contributed by atoms with Gasteiger partial charge < -0.3 is 24.5 Å². The average Bonchev–Trinajstić information content (AvgIpc) is 3.31. The normalized spacial score (nSPS) is 30.5. The minimum absolute atomic E-state index is 0.0659. The largest absolute Gasteiger partial charge is 0.394 e. The van der Waals surface area contributed by atoms with E-state index in [-0.39, 0.29) is 30.2 Å². The first kappa shape index (κ1) is 27.4. The van der Waals surface area contributed by atoms with Gasteiger partial charge in [-0.25, -0.2) is 0 Å². The van der Waals surface area contributed by atoms with E-state index in [1.54, 1.807) is 14.7 Å². The maximum absolute atomic E-state index is 14.6. The van der Waals surface area contributed by atoms with Crippen LogP contribution in [-0.4, -0.2) is 76.1 Å². The summed E-state index contributed by atoms with van der Waals surface area (Å²) < 4.78 is 6.76. The highest BCUT2D eigenvalue weighted by atomic mass is 16.5. The number of carbonyl (C=O) groups excluding carboxylic acids is 3. The zero-order chi connectivity index (χ0) is 28.7. The lowest BCUT2D eigenvalue weighted by atomic mass is 9.77. The molecule has 41 heavy (non-hydrogen) atoms. The first-order valence-corrected chi connectivity index (χ1v) is 14.6. The molecule has 3 amide bonds. The van der Waals surface area contributed by atoms with Crippen LogP contribution in [0.1, 0.15) is 25.8 Å². The number of aliphatic hydroxyl groups is 1. The molecule has 4 aliphatic rings. The highest BCUT2D eigenvalue weighted by Crippen LogP contribution is 2.54. The minimum atomic E-state index is -1.32. The van der Waals surface area contributed by atoms with Gasteiger partial charge in [0.25, 0.3) is 0 Å². The molecular weight excluding hydrogens is 518 g/mol. The fraction of sp³-hybridized carbons (Fsp3) is 0.424. The second-order valence-corrected chi connectivity index (χ2v) is 11.5. The number of benzene rings is 2. The number of ether oxygens (including phenoxy) is 1. The van der Waals surface area contributed by atoms with Gasteiger partial charge in [-0.2, -0.15) is 0 Å². The van der Waals surface area contributed by atoms with Crippen LogP contribution < -0.4 is 4.90 Å². The van der Waals surface area contributed by atoms with E-state index in [2.05, 4.69) is 0 Å². The number of likely N-dealkylation sites (tertiary alicyclic amines) is 1. The van der Waals surface area contributed by atoms with Crippen LogP contribution >= 0.6 is 0 Å². The molecule has 0 bridgehead atoms. The van der Waals surface area contributed by atoms with Crippen LogP contribution in [0.15, 0.2) is 85.0 Å². The van der Waals surface area contributed by atoms with E-state index in [4.69, 9.17) is 4.74 Å². The zero-order valence-electron chi connectivity index (χ0n) is 23.5. The third-order valence-corrected chi connectivity index (χ3v) is 9.31. The van der Waals surface area contributed by atoms with Gasteiger partial charge in [-0.15, -0.1) is 0 Å². The lowest BCUT2D eigenvalue weighted by Gasteiger charge is -2.40. The van der Waals surface area contributed by atoms with Gasteiger partial charge in [0, 0.05) is 25.3 Å². The van der Waals surface area contributed by atoms with Crippen molar-refractivity contribution in [3.63, 3.8) is 0 Å². The molecule has 4 aliphatic heterocycles. The van der Waals surface area contributed by atoms with E-state index in [1.165, 1.54) is 0 Å². The predicted octanol–water partition coefficient (Wildman–Crippen LogP) is 3.18. The SMILES string of the molecule is CC[C@H](C)[C@H](CO)N1C(=O)[C@@H]2[C@@H]3C(=O)N(c4ccccc4)CC=C[C@@H]3O[C@@]23C=CCN(Cc2ccccc2)C(=O)C13. The Morgan fingerprint density at radius 2 is 1.66 bits per heavy atom. The molecule has 6 rings (SSSR count). The Kier molecular flexibility index (Phi) is 7.30. The van der Waals surface area contributed by atoms with Crippen LogP contribution in [0.3, 0.4) is 0 Å². The smallest absolute Gasteiger partial charge is 0.249 e. The van der Waals surface area contributed by atoms with Gasteiger partial charge in [0.1, 0.15) is 11.6 Å². The van der Waals surface area contributed by atoms with E-state index in [0.717, 1.165) is 11.3 Å². The van der Waals surface area contributed by atoms with Crippen molar-refractivity contribution in [3.05, 3.63) is 90.5 Å². The summed E-state index contributed by atoms with van der Waals surface area (Å²) in [7, 11) is 0. The Bertz CT molecular complexity index is 1360. The molecule has 2 fully saturated rings. The number of hydrogen-bond donors (Lipinski definition) is 1. The van der Waals surface area contributed by atoms with E-state index in [9.17, 15) is 19.5 Å². The molecule has 0 aliphatic carbocycles. The highest BCUT2D eigenvalue weighted by molar-refractivity contribution is 6.04. The third-order valence-electron chi connectivity index (χ3n) is 9.31. The molecule has 1 spiro atoms. The second-order valence-electron chi connectivity index (χ2n) is 11.5. The van der Waals surface area contributed by atoms with E-state index in [1.807, 2.05) is 98.8 Å². The summed E-state index contributed by atoms with van der Waals surface area (Å²) in [5.41, 5.74) is 0.402. The lowest BCUT2D eigenvalue weighted by molar-refractivity contribution is -0.152. The second kappa shape index (κ2) is 10.9. The van der Waals surface area contributed by atoms with E-state index < -0.39 is 35.6 Å². The number of nitrogens with zero attached hydrogens (tertiary/aromatic N) is 3. The topological polar surface area (TPSA) is 90.4 Å². The predicted molar refractivity (Wildman–Crippen MR) is 154 cm³/mol. The fourth-order valence-corrected chi connectivity index (χ4v) is 7.08. The summed E-state index contributed by atoms with van der Waals surface area (Å²) in [5.74, 6) is -2.50. The van der Waals surface area contributed by atoms with Crippen LogP contribution in [0.4, 0.5) is 5.69 Å². The van der Waals surface area contributed by atoms with Crippen LogP contribution in [0.2, 0.25) is 0 Å². The van der Waals surface area contributed by atoms with Crippen LogP contribution in [0, 0.1) is 17.8 Å². The van der Waals surface area contributed by atoms with E-state index in [0.29, 0.717) is 26.1 Å².